The van der Waals surface area contributed by atoms with Crippen LogP contribution in [0.4, 0.5) is 0 Å². The molecule has 0 aliphatic carbocycles. The van der Waals surface area contributed by atoms with Crippen LogP contribution in [0.15, 0.2) is 60.7 Å². The summed E-state index contributed by atoms with van der Waals surface area (Å²) in [4.78, 5) is 0. The van der Waals surface area contributed by atoms with E-state index in [1.165, 1.54) is 33.4 Å². The van der Waals surface area contributed by atoms with E-state index in [0.717, 1.165) is 17.4 Å². The van der Waals surface area contributed by atoms with Gasteiger partial charge in [0, 0.05) is 19.5 Å². The van der Waals surface area contributed by atoms with E-state index in [0.29, 0.717) is 0 Å². The second-order valence-corrected chi connectivity index (χ2v) is 10.2. The van der Waals surface area contributed by atoms with Gasteiger partial charge in [-0.1, -0.05) is 60.7 Å². The van der Waals surface area contributed by atoms with Crippen molar-refractivity contribution in [2.45, 2.75) is 53.6 Å². The van der Waals surface area contributed by atoms with E-state index < -0.39 is 22.1 Å². The molecule has 0 aliphatic rings. The first-order valence-corrected chi connectivity index (χ1v) is 12.7. The predicted molar refractivity (Wildman–Crippen MR) is 135 cm³/mol. The average molecular weight is 554 g/mol. The summed E-state index contributed by atoms with van der Waals surface area (Å²) in [5.41, 5.74) is 16.7. The second kappa shape index (κ2) is 12.6. The van der Waals surface area contributed by atoms with Crippen molar-refractivity contribution < 1.29 is 27.9 Å². The van der Waals surface area contributed by atoms with Crippen LogP contribution in [-0.2, 0) is 29.5 Å². The Hall–Kier alpha value is -1.85. The Balaban J connectivity index is 0.000000361. The summed E-state index contributed by atoms with van der Waals surface area (Å²) in [6.45, 7) is 13.3. The van der Waals surface area contributed by atoms with Crippen molar-refractivity contribution in [3.05, 3.63) is 105 Å². The van der Waals surface area contributed by atoms with E-state index in [2.05, 4.69) is 46.3 Å². The zero-order valence-corrected chi connectivity index (χ0v) is 23.1. The van der Waals surface area contributed by atoms with E-state index in [-0.39, 0.29) is 19.5 Å². The topological polar surface area (TPSA) is 72.2 Å². The van der Waals surface area contributed by atoms with Gasteiger partial charge < -0.3 is 5.73 Å². The summed E-state index contributed by atoms with van der Waals surface area (Å²) in [6, 6.07) is 17.9. The molecule has 0 unspecified atom stereocenters. The van der Waals surface area contributed by atoms with Crippen molar-refractivity contribution in [2.75, 3.05) is 6.26 Å². The average Bonchev–Trinajstić information content (AvgIpc) is 2.79. The van der Waals surface area contributed by atoms with Gasteiger partial charge in [0.25, 0.3) is 0 Å². The molecule has 2 atom stereocenters. The number of hydrogen-bond acceptors (Lipinski definition) is 3. The minimum absolute atomic E-state index is 0. The Morgan fingerprint density at radius 3 is 1.24 bits per heavy atom. The summed E-state index contributed by atoms with van der Waals surface area (Å²) in [5.74, 6) is 0. The van der Waals surface area contributed by atoms with Crippen molar-refractivity contribution in [3.8, 4) is 0 Å². The van der Waals surface area contributed by atoms with Gasteiger partial charge in [0.15, 0.2) is 0 Å². The van der Waals surface area contributed by atoms with E-state index >= 15 is 0 Å². The molecular weight excluding hydrogens is 517 g/mol. The Morgan fingerprint density at radius 1 is 0.636 bits per heavy atom. The van der Waals surface area contributed by atoms with Crippen molar-refractivity contribution in [1.29, 1.82) is 0 Å². The van der Waals surface area contributed by atoms with Crippen LogP contribution in [0.1, 0.15) is 56.6 Å². The number of hydrogen-bond donors (Lipinski definition) is 2. The maximum atomic E-state index is 11.6. The van der Waals surface area contributed by atoms with Crippen LogP contribution in [-0.4, -0.2) is 14.7 Å². The first kappa shape index (κ1) is 29.2. The molecule has 0 fully saturated rings. The van der Waals surface area contributed by atoms with E-state index in [4.69, 9.17) is 5.73 Å². The third-order valence-electron chi connectivity index (χ3n) is 6.42. The number of nitrogens with two attached hydrogens (primary N) is 1. The van der Waals surface area contributed by atoms with Crippen LogP contribution >= 0.6 is 0 Å². The predicted octanol–water partition coefficient (Wildman–Crippen LogP) is 5.51. The van der Waals surface area contributed by atoms with E-state index in [1.54, 1.807) is 0 Å². The fourth-order valence-corrected chi connectivity index (χ4v) is 4.54. The molecule has 0 saturated heterocycles. The molecule has 3 aromatic carbocycles. The van der Waals surface area contributed by atoms with Crippen LogP contribution < -0.4 is 10.5 Å². The zero-order chi connectivity index (χ0) is 24.1. The van der Waals surface area contributed by atoms with Crippen LogP contribution in [0.3, 0.4) is 0 Å². The fraction of sp³-hybridized carbons (Fsp3) is 0.333. The Kier molecular flexibility index (Phi) is 11.1. The summed E-state index contributed by atoms with van der Waals surface area (Å²) in [7, 11) is -3.35. The maximum Gasteiger partial charge on any atom is 0.209 e. The summed E-state index contributed by atoms with van der Waals surface area (Å²) < 4.78 is 25.8. The van der Waals surface area contributed by atoms with Crippen molar-refractivity contribution in [3.63, 3.8) is 0 Å². The van der Waals surface area contributed by atoms with Crippen molar-refractivity contribution in [2.24, 2.45) is 5.73 Å². The SMILES string of the molecule is CS(=O)(=O)N[C@H](c1ccccc1)[C@H](N)c1ccccc1.Cc1c(C)c(C)c(C)c(C)c1C.[Ru]. The second-order valence-electron chi connectivity index (χ2n) is 8.46. The molecule has 0 aromatic heterocycles. The van der Waals surface area contributed by atoms with Gasteiger partial charge in [0.05, 0.1) is 18.3 Å². The molecule has 0 amide bonds. The molecule has 0 radical (unpaired) electrons. The van der Waals surface area contributed by atoms with Gasteiger partial charge in [0.2, 0.25) is 10.0 Å². The normalized spacial score (nSPS) is 12.7. The Bertz CT molecular complexity index is 1040. The zero-order valence-electron chi connectivity index (χ0n) is 20.6. The molecule has 0 spiro atoms. The minimum Gasteiger partial charge on any atom is -0.322 e. The molecule has 33 heavy (non-hydrogen) atoms. The Labute approximate surface area is 212 Å². The number of nitrogens with one attached hydrogen (secondary N) is 1. The molecule has 3 N–H and O–H groups in total. The van der Waals surface area contributed by atoms with Gasteiger partial charge in [0.1, 0.15) is 0 Å². The Morgan fingerprint density at radius 2 is 0.939 bits per heavy atom. The largest absolute Gasteiger partial charge is 0.322 e. The van der Waals surface area contributed by atoms with Gasteiger partial charge in [-0.25, -0.2) is 13.1 Å². The third kappa shape index (κ3) is 7.86. The fourth-order valence-electron chi connectivity index (χ4n) is 3.79. The third-order valence-corrected chi connectivity index (χ3v) is 7.10. The first-order valence-electron chi connectivity index (χ1n) is 10.8. The summed E-state index contributed by atoms with van der Waals surface area (Å²) in [5, 5.41) is 0. The van der Waals surface area contributed by atoms with Gasteiger partial charge >= 0.3 is 0 Å². The van der Waals surface area contributed by atoms with Gasteiger partial charge in [-0.15, -0.1) is 0 Å². The molecule has 180 valence electrons. The smallest absolute Gasteiger partial charge is 0.209 e. The van der Waals surface area contributed by atoms with Crippen LogP contribution in [0.5, 0.6) is 0 Å². The number of sulfonamides is 1. The molecule has 4 nitrogen and oxygen atoms in total. The van der Waals surface area contributed by atoms with Gasteiger partial charge in [-0.3, -0.25) is 0 Å². The van der Waals surface area contributed by atoms with Gasteiger partial charge in [-0.05, 0) is 86.1 Å². The van der Waals surface area contributed by atoms with Crippen molar-refractivity contribution in [1.82, 2.24) is 4.72 Å². The maximum absolute atomic E-state index is 11.6. The molecule has 0 heterocycles. The summed E-state index contributed by atoms with van der Waals surface area (Å²) >= 11 is 0. The van der Waals surface area contributed by atoms with E-state index in [1.807, 2.05) is 60.7 Å². The van der Waals surface area contributed by atoms with Crippen LogP contribution in [0, 0.1) is 41.5 Å². The quantitative estimate of drug-likeness (QED) is 0.409. The summed E-state index contributed by atoms with van der Waals surface area (Å²) in [6.07, 6.45) is 1.14. The van der Waals surface area contributed by atoms with E-state index in [9.17, 15) is 8.42 Å². The molecule has 3 aromatic rings. The van der Waals surface area contributed by atoms with Crippen LogP contribution in [0.2, 0.25) is 0 Å². The number of benzene rings is 3. The van der Waals surface area contributed by atoms with Gasteiger partial charge in [-0.2, -0.15) is 0 Å². The van der Waals surface area contributed by atoms with Crippen molar-refractivity contribution >= 4 is 10.0 Å². The molecule has 0 saturated carbocycles. The molecule has 6 heteroatoms. The standard InChI is InChI=1S/C15H18N2O2S.C12H18.Ru/c1-20(18,19)17-15(13-10-6-3-7-11-13)14(16)12-8-4-2-5-9-12;1-7-8(2)10(4)12(6)11(5)9(7)3;/h2-11,14-15,17H,16H2,1H3;1-6H3;/t14-,15-;;/m1../s1. The minimum atomic E-state index is -3.35. The monoisotopic (exact) mass is 554 g/mol. The molecule has 0 bridgehead atoms. The number of rotatable bonds is 5. The molecule has 0 aliphatic heterocycles. The molecule has 3 rings (SSSR count). The van der Waals surface area contributed by atoms with Crippen LogP contribution in [0.25, 0.3) is 0 Å². The molecular formula is C27H36N2O2RuS. The first-order chi connectivity index (χ1) is 14.9.